The summed E-state index contributed by atoms with van der Waals surface area (Å²) in [5.41, 5.74) is 7.39. The van der Waals surface area contributed by atoms with Crippen molar-refractivity contribution in [2.45, 2.75) is 41.5 Å². The van der Waals surface area contributed by atoms with Gasteiger partial charge in [-0.15, -0.1) is 0 Å². The Morgan fingerprint density at radius 2 is 1.77 bits per heavy atom. The number of rotatable bonds is 6. The van der Waals surface area contributed by atoms with Crippen LogP contribution in [0.25, 0.3) is 11.1 Å². The lowest BCUT2D eigenvalue weighted by Crippen LogP contribution is -2.14. The summed E-state index contributed by atoms with van der Waals surface area (Å²) in [5.74, 6) is 0.626. The largest absolute Gasteiger partial charge is 0.349 e. The molecule has 0 aliphatic rings. The van der Waals surface area contributed by atoms with Gasteiger partial charge in [0, 0.05) is 18.4 Å². The molecule has 0 heterocycles. The first-order chi connectivity index (χ1) is 14.8. The van der Waals surface area contributed by atoms with E-state index in [2.05, 4.69) is 81.7 Å². The molecule has 0 radical (unpaired) electrons. The molecule has 0 fully saturated rings. The van der Waals surface area contributed by atoms with Crippen molar-refractivity contribution in [3.8, 4) is 17.2 Å². The highest BCUT2D eigenvalue weighted by Gasteiger charge is 2.09. The van der Waals surface area contributed by atoms with Gasteiger partial charge in [0.25, 0.3) is 0 Å². The zero-order valence-electron chi connectivity index (χ0n) is 20.1. The smallest absolute Gasteiger partial charge is 0.0998 e. The highest BCUT2D eigenvalue weighted by Crippen LogP contribution is 2.30. The summed E-state index contributed by atoms with van der Waals surface area (Å²) in [4.78, 5) is 2.06. The normalized spacial score (nSPS) is 11.4. The third-order valence-electron chi connectivity index (χ3n) is 5.09. The molecule has 0 saturated heterocycles. The summed E-state index contributed by atoms with van der Waals surface area (Å²) >= 11 is 0. The molecule has 0 bridgehead atoms. The molecule has 2 aromatic carbocycles. The molecule has 0 N–H and O–H groups in total. The summed E-state index contributed by atoms with van der Waals surface area (Å²) in [6, 6.07) is 16.2. The van der Waals surface area contributed by atoms with Crippen LogP contribution >= 0.6 is 0 Å². The van der Waals surface area contributed by atoms with Crippen LogP contribution in [0.15, 0.2) is 90.7 Å². The molecule has 0 unspecified atom stereocenters. The van der Waals surface area contributed by atoms with E-state index in [1.54, 1.807) is 0 Å². The van der Waals surface area contributed by atoms with Crippen molar-refractivity contribution >= 4 is 5.69 Å². The minimum atomic E-state index is 0.626. The highest BCUT2D eigenvalue weighted by atomic mass is 15.1. The van der Waals surface area contributed by atoms with E-state index in [-0.39, 0.29) is 0 Å². The first-order valence-corrected chi connectivity index (χ1v) is 10.7. The molecular weight excluding hydrogens is 376 g/mol. The lowest BCUT2D eigenvalue weighted by atomic mass is 9.98. The average molecular weight is 413 g/mol. The summed E-state index contributed by atoms with van der Waals surface area (Å²) in [5, 5.41) is 9.23. The van der Waals surface area contributed by atoms with Crippen LogP contribution in [-0.2, 0) is 0 Å². The number of hydrogen-bond donors (Lipinski definition) is 0. The fourth-order valence-electron chi connectivity index (χ4n) is 3.08. The SMILES string of the molecule is C=C(C)N(C)c1cc(-c2ccccc2C#N)ccc1C.C\C=C/C=C\C(=C/C)C(C)C. The summed E-state index contributed by atoms with van der Waals surface area (Å²) in [6.07, 6.45) is 10.5. The number of benzene rings is 2. The molecule has 2 rings (SSSR count). The Labute approximate surface area is 189 Å². The minimum Gasteiger partial charge on any atom is -0.349 e. The second-order valence-corrected chi connectivity index (χ2v) is 7.78. The number of nitriles is 1. The molecule has 0 spiro atoms. The predicted octanol–water partition coefficient (Wildman–Crippen LogP) is 8.22. The molecule has 0 aliphatic carbocycles. The Hall–Kier alpha value is -3.31. The predicted molar refractivity (Wildman–Crippen MR) is 137 cm³/mol. The monoisotopic (exact) mass is 412 g/mol. The zero-order valence-corrected chi connectivity index (χ0v) is 20.1. The van der Waals surface area contributed by atoms with E-state index in [0.717, 1.165) is 22.5 Å². The van der Waals surface area contributed by atoms with Gasteiger partial charge in [-0.05, 0) is 68.0 Å². The Morgan fingerprint density at radius 3 is 2.32 bits per heavy atom. The van der Waals surface area contributed by atoms with Crippen molar-refractivity contribution in [3.05, 3.63) is 102 Å². The molecule has 0 aliphatic heterocycles. The molecular formula is C29H36N2. The zero-order chi connectivity index (χ0) is 23.4. The van der Waals surface area contributed by atoms with Crippen LogP contribution in [0.3, 0.4) is 0 Å². The second kappa shape index (κ2) is 13.1. The van der Waals surface area contributed by atoms with Gasteiger partial charge in [0.1, 0.15) is 0 Å². The summed E-state index contributed by atoms with van der Waals surface area (Å²) < 4.78 is 0. The summed E-state index contributed by atoms with van der Waals surface area (Å²) in [6.45, 7) is 16.6. The Morgan fingerprint density at radius 1 is 1.10 bits per heavy atom. The van der Waals surface area contributed by atoms with Crippen molar-refractivity contribution in [1.29, 1.82) is 5.26 Å². The third-order valence-corrected chi connectivity index (χ3v) is 5.09. The number of aryl methyl sites for hydroxylation is 1. The van der Waals surface area contributed by atoms with Gasteiger partial charge in [0.15, 0.2) is 0 Å². The molecule has 2 heteroatoms. The molecule has 31 heavy (non-hydrogen) atoms. The van der Waals surface area contributed by atoms with E-state index >= 15 is 0 Å². The standard InChI is InChI=1S/C18H18N2.C11H18/c1-13(2)20(4)18-11-15(10-9-14(18)3)17-8-6-5-7-16(17)12-19;1-5-7-8-9-11(6-2)10(3)4/h5-11H,1H2,2-4H3;5-10H,1-4H3/b;7-5-,9-8-,11-6+. The van der Waals surface area contributed by atoms with Crippen molar-refractivity contribution in [2.75, 3.05) is 11.9 Å². The fourth-order valence-corrected chi connectivity index (χ4v) is 3.08. The van der Waals surface area contributed by atoms with Crippen LogP contribution in [0, 0.1) is 24.2 Å². The van der Waals surface area contributed by atoms with Crippen LogP contribution < -0.4 is 4.90 Å². The first-order valence-electron chi connectivity index (χ1n) is 10.7. The lowest BCUT2D eigenvalue weighted by molar-refractivity contribution is 0.789. The van der Waals surface area contributed by atoms with Crippen LogP contribution in [0.1, 0.15) is 45.7 Å². The van der Waals surface area contributed by atoms with E-state index in [9.17, 15) is 5.26 Å². The van der Waals surface area contributed by atoms with Gasteiger partial charge in [-0.25, -0.2) is 0 Å². The molecule has 162 valence electrons. The number of nitrogens with zero attached hydrogens (tertiary/aromatic N) is 2. The van der Waals surface area contributed by atoms with Gasteiger partial charge in [-0.3, -0.25) is 0 Å². The Kier molecular flexibility index (Phi) is 10.9. The van der Waals surface area contributed by atoms with Crippen LogP contribution in [0.5, 0.6) is 0 Å². The number of allylic oxidation sites excluding steroid dienone is 7. The van der Waals surface area contributed by atoms with Crippen LogP contribution in [-0.4, -0.2) is 7.05 Å². The van der Waals surface area contributed by atoms with E-state index in [0.29, 0.717) is 11.5 Å². The van der Waals surface area contributed by atoms with E-state index < -0.39 is 0 Å². The second-order valence-electron chi connectivity index (χ2n) is 7.78. The van der Waals surface area contributed by atoms with Crippen molar-refractivity contribution in [1.82, 2.24) is 0 Å². The van der Waals surface area contributed by atoms with Crippen LogP contribution in [0.4, 0.5) is 5.69 Å². The van der Waals surface area contributed by atoms with Crippen LogP contribution in [0.2, 0.25) is 0 Å². The van der Waals surface area contributed by atoms with Gasteiger partial charge < -0.3 is 4.90 Å². The number of hydrogen-bond acceptors (Lipinski definition) is 2. The molecule has 0 aromatic heterocycles. The maximum atomic E-state index is 9.23. The Bertz CT molecular complexity index is 998. The third kappa shape index (κ3) is 7.79. The maximum Gasteiger partial charge on any atom is 0.0998 e. The van der Waals surface area contributed by atoms with Crippen molar-refractivity contribution in [2.24, 2.45) is 5.92 Å². The van der Waals surface area contributed by atoms with Gasteiger partial charge in [0.05, 0.1) is 11.6 Å². The quantitative estimate of drug-likeness (QED) is 0.447. The summed E-state index contributed by atoms with van der Waals surface area (Å²) in [7, 11) is 2.00. The van der Waals surface area contributed by atoms with Crippen molar-refractivity contribution in [3.63, 3.8) is 0 Å². The fraction of sp³-hybridized carbons (Fsp3) is 0.276. The highest BCUT2D eigenvalue weighted by molar-refractivity contribution is 5.75. The van der Waals surface area contributed by atoms with E-state index in [4.69, 9.17) is 0 Å². The molecule has 0 atom stereocenters. The minimum absolute atomic E-state index is 0.626. The maximum absolute atomic E-state index is 9.23. The molecule has 2 nitrogen and oxygen atoms in total. The molecule has 2 aromatic rings. The number of anilines is 1. The molecule has 0 saturated carbocycles. The van der Waals surface area contributed by atoms with E-state index in [1.807, 2.05) is 57.3 Å². The first kappa shape index (κ1) is 25.7. The van der Waals surface area contributed by atoms with Gasteiger partial charge >= 0.3 is 0 Å². The Balaban J connectivity index is 0.000000373. The molecule has 0 amide bonds. The average Bonchev–Trinajstić information content (AvgIpc) is 2.76. The van der Waals surface area contributed by atoms with Gasteiger partial charge in [0.2, 0.25) is 0 Å². The topological polar surface area (TPSA) is 27.0 Å². The van der Waals surface area contributed by atoms with Gasteiger partial charge in [-0.2, -0.15) is 5.26 Å². The van der Waals surface area contributed by atoms with E-state index in [1.165, 1.54) is 11.1 Å². The van der Waals surface area contributed by atoms with Crippen molar-refractivity contribution < 1.29 is 0 Å². The lowest BCUT2D eigenvalue weighted by Gasteiger charge is -2.22. The van der Waals surface area contributed by atoms with Gasteiger partial charge in [-0.1, -0.05) is 81.1 Å².